The summed E-state index contributed by atoms with van der Waals surface area (Å²) in [5, 5.41) is 12.0. The zero-order valence-corrected chi connectivity index (χ0v) is 17.7. The Hall–Kier alpha value is -2.03. The first-order valence-corrected chi connectivity index (χ1v) is 10.3. The summed E-state index contributed by atoms with van der Waals surface area (Å²) in [6.07, 6.45) is 1.50. The lowest BCUT2D eigenvalue weighted by molar-refractivity contribution is -0.137. The quantitative estimate of drug-likeness (QED) is 0.491. The number of nitrogens with one attached hydrogen (secondary N) is 1. The van der Waals surface area contributed by atoms with E-state index >= 15 is 0 Å². The average Bonchev–Trinajstić information content (AvgIpc) is 2.68. The smallest absolute Gasteiger partial charge is 0.303 e. The minimum Gasteiger partial charge on any atom is -0.493 e. The van der Waals surface area contributed by atoms with Gasteiger partial charge in [-0.1, -0.05) is 11.6 Å². The van der Waals surface area contributed by atoms with Crippen LogP contribution in [0.15, 0.2) is 12.1 Å². The van der Waals surface area contributed by atoms with E-state index in [0.717, 1.165) is 13.0 Å². The number of morpholine rings is 1. The Balaban J connectivity index is 1.90. The highest BCUT2D eigenvalue weighted by Gasteiger charge is 2.25. The molecule has 2 rings (SSSR count). The third kappa shape index (κ3) is 7.06. The summed E-state index contributed by atoms with van der Waals surface area (Å²) < 4.78 is 11.3. The molecule has 29 heavy (non-hydrogen) atoms. The molecule has 2 atom stereocenters. The van der Waals surface area contributed by atoms with Crippen molar-refractivity contribution >= 4 is 29.2 Å². The number of carboxylic acids is 1. The first kappa shape index (κ1) is 23.3. The van der Waals surface area contributed by atoms with Crippen LogP contribution in [0.1, 0.15) is 43.5 Å². The monoisotopic (exact) mass is 427 g/mol. The SMILES string of the molecule is CCOc1cc(N)c(Cl)cc1C(=O)NCC1CN(C(C)CCCC(=O)O)CCO1. The fourth-order valence-electron chi connectivity index (χ4n) is 3.32. The van der Waals surface area contributed by atoms with Gasteiger partial charge in [-0.3, -0.25) is 14.5 Å². The van der Waals surface area contributed by atoms with Gasteiger partial charge in [0.1, 0.15) is 5.75 Å². The van der Waals surface area contributed by atoms with Crippen molar-refractivity contribution in [2.45, 2.75) is 45.3 Å². The highest BCUT2D eigenvalue weighted by Crippen LogP contribution is 2.29. The normalized spacial score (nSPS) is 18.2. The first-order chi connectivity index (χ1) is 13.8. The van der Waals surface area contributed by atoms with E-state index in [-0.39, 0.29) is 24.5 Å². The van der Waals surface area contributed by atoms with E-state index < -0.39 is 5.97 Å². The standard InChI is InChI=1S/C20H30ClN3O5/c1-3-28-18-10-17(22)16(21)9-15(18)20(27)23-11-14-12-24(7-8-29-14)13(2)5-4-6-19(25)26/h9-10,13-14H,3-8,11-12,22H2,1-2H3,(H,23,27)(H,25,26). The van der Waals surface area contributed by atoms with Gasteiger partial charge in [0.25, 0.3) is 5.91 Å². The molecule has 9 heteroatoms. The molecule has 8 nitrogen and oxygen atoms in total. The molecule has 2 unspecified atom stereocenters. The molecule has 0 bridgehead atoms. The Kier molecular flexibility index (Phi) is 9.00. The second-order valence-corrected chi connectivity index (χ2v) is 7.54. The zero-order chi connectivity index (χ0) is 21.4. The molecular weight excluding hydrogens is 398 g/mol. The number of nitrogens with two attached hydrogens (primary N) is 1. The number of benzene rings is 1. The number of halogens is 1. The molecule has 1 aliphatic heterocycles. The number of carboxylic acid groups (broad SMARTS) is 1. The maximum Gasteiger partial charge on any atom is 0.303 e. The average molecular weight is 428 g/mol. The summed E-state index contributed by atoms with van der Waals surface area (Å²) in [7, 11) is 0. The fraction of sp³-hybridized carbons (Fsp3) is 0.600. The highest BCUT2D eigenvalue weighted by atomic mass is 35.5. The third-order valence-corrected chi connectivity index (χ3v) is 5.27. The van der Waals surface area contributed by atoms with Gasteiger partial charge in [0.05, 0.1) is 35.6 Å². The van der Waals surface area contributed by atoms with Crippen LogP contribution in [0.3, 0.4) is 0 Å². The summed E-state index contributed by atoms with van der Waals surface area (Å²) in [6, 6.07) is 3.32. The van der Waals surface area contributed by atoms with Gasteiger partial charge < -0.3 is 25.6 Å². The lowest BCUT2D eigenvalue weighted by atomic mass is 10.1. The van der Waals surface area contributed by atoms with E-state index in [1.54, 1.807) is 6.07 Å². The van der Waals surface area contributed by atoms with Crippen molar-refractivity contribution in [2.75, 3.05) is 38.6 Å². The first-order valence-electron chi connectivity index (χ1n) is 9.89. The van der Waals surface area contributed by atoms with Gasteiger partial charge >= 0.3 is 5.97 Å². The van der Waals surface area contributed by atoms with E-state index in [9.17, 15) is 9.59 Å². The van der Waals surface area contributed by atoms with Crippen molar-refractivity contribution in [2.24, 2.45) is 0 Å². The third-order valence-electron chi connectivity index (χ3n) is 4.94. The van der Waals surface area contributed by atoms with Crippen molar-refractivity contribution < 1.29 is 24.2 Å². The number of rotatable bonds is 10. The maximum atomic E-state index is 12.7. The molecule has 1 fully saturated rings. The number of anilines is 1. The van der Waals surface area contributed by atoms with Crippen molar-refractivity contribution in [1.82, 2.24) is 10.2 Å². The zero-order valence-electron chi connectivity index (χ0n) is 16.9. The molecule has 0 aliphatic carbocycles. The largest absolute Gasteiger partial charge is 0.493 e. The Bertz CT molecular complexity index is 716. The van der Waals surface area contributed by atoms with Crippen LogP contribution in [0.5, 0.6) is 5.75 Å². The Morgan fingerprint density at radius 1 is 1.48 bits per heavy atom. The molecule has 162 valence electrons. The van der Waals surface area contributed by atoms with Crippen molar-refractivity contribution in [3.05, 3.63) is 22.7 Å². The number of nitrogens with zero attached hydrogens (tertiary/aromatic N) is 1. The van der Waals surface area contributed by atoms with Gasteiger partial charge in [-0.25, -0.2) is 0 Å². The van der Waals surface area contributed by atoms with E-state index in [1.807, 2.05) is 6.92 Å². The highest BCUT2D eigenvalue weighted by molar-refractivity contribution is 6.33. The number of amides is 1. The van der Waals surface area contributed by atoms with Gasteiger partial charge in [-0.2, -0.15) is 0 Å². The van der Waals surface area contributed by atoms with Gasteiger partial charge in [0, 0.05) is 38.2 Å². The summed E-state index contributed by atoms with van der Waals surface area (Å²) in [4.78, 5) is 25.6. The number of nitrogen functional groups attached to an aromatic ring is 1. The van der Waals surface area contributed by atoms with Crippen molar-refractivity contribution in [1.29, 1.82) is 0 Å². The molecule has 0 spiro atoms. The van der Waals surface area contributed by atoms with Gasteiger partial charge in [0.2, 0.25) is 0 Å². The molecule has 0 radical (unpaired) electrons. The number of carbonyl (C=O) groups excluding carboxylic acids is 1. The predicted octanol–water partition coefficient (Wildman–Crippen LogP) is 2.39. The van der Waals surface area contributed by atoms with Crippen LogP contribution in [-0.2, 0) is 9.53 Å². The van der Waals surface area contributed by atoms with E-state index in [0.29, 0.717) is 54.7 Å². The van der Waals surface area contributed by atoms with Crippen LogP contribution >= 0.6 is 11.6 Å². The van der Waals surface area contributed by atoms with Crippen LogP contribution in [0.4, 0.5) is 5.69 Å². The van der Waals surface area contributed by atoms with Crippen molar-refractivity contribution in [3.8, 4) is 5.75 Å². The molecule has 4 N–H and O–H groups in total. The second-order valence-electron chi connectivity index (χ2n) is 7.14. The molecule has 1 aliphatic rings. The lowest BCUT2D eigenvalue weighted by Gasteiger charge is -2.37. The molecule has 0 saturated carbocycles. The predicted molar refractivity (Wildman–Crippen MR) is 112 cm³/mol. The van der Waals surface area contributed by atoms with E-state index in [2.05, 4.69) is 17.1 Å². The summed E-state index contributed by atoms with van der Waals surface area (Å²) >= 11 is 6.07. The summed E-state index contributed by atoms with van der Waals surface area (Å²) in [5.74, 6) is -0.676. The van der Waals surface area contributed by atoms with Gasteiger partial charge in [0.15, 0.2) is 0 Å². The van der Waals surface area contributed by atoms with Crippen LogP contribution in [-0.4, -0.2) is 66.9 Å². The molecule has 1 amide bonds. The number of ether oxygens (including phenoxy) is 2. The van der Waals surface area contributed by atoms with E-state index in [4.69, 9.17) is 31.9 Å². The molecule has 0 aromatic heterocycles. The number of carbonyl (C=O) groups is 2. The molecule has 1 aromatic rings. The summed E-state index contributed by atoms with van der Waals surface area (Å²) in [5.41, 5.74) is 6.49. The minimum absolute atomic E-state index is 0.144. The van der Waals surface area contributed by atoms with Crippen LogP contribution in [0.2, 0.25) is 5.02 Å². The molecule has 1 aromatic carbocycles. The van der Waals surface area contributed by atoms with Crippen LogP contribution < -0.4 is 15.8 Å². The van der Waals surface area contributed by atoms with E-state index in [1.165, 1.54) is 6.07 Å². The summed E-state index contributed by atoms with van der Waals surface area (Å²) in [6.45, 7) is 6.71. The Morgan fingerprint density at radius 2 is 2.24 bits per heavy atom. The maximum absolute atomic E-state index is 12.7. The minimum atomic E-state index is -0.769. The Labute approximate surface area is 176 Å². The van der Waals surface area contributed by atoms with Crippen LogP contribution in [0, 0.1) is 0 Å². The molecular formula is C20H30ClN3O5. The number of aliphatic carboxylic acids is 1. The number of hydrogen-bond donors (Lipinski definition) is 3. The molecule has 1 saturated heterocycles. The van der Waals surface area contributed by atoms with Crippen molar-refractivity contribution in [3.63, 3.8) is 0 Å². The number of hydrogen-bond acceptors (Lipinski definition) is 6. The second kappa shape index (κ2) is 11.2. The molecule has 1 heterocycles. The van der Waals surface area contributed by atoms with Gasteiger partial charge in [-0.05, 0) is 32.8 Å². The topological polar surface area (TPSA) is 114 Å². The fourth-order valence-corrected chi connectivity index (χ4v) is 3.48. The lowest BCUT2D eigenvalue weighted by Crippen LogP contribution is -2.50. The van der Waals surface area contributed by atoms with Crippen LogP contribution in [0.25, 0.3) is 0 Å². The van der Waals surface area contributed by atoms with Gasteiger partial charge in [-0.15, -0.1) is 0 Å². The Morgan fingerprint density at radius 3 is 2.93 bits per heavy atom.